The molecule has 4 nitrogen and oxygen atoms in total. The summed E-state index contributed by atoms with van der Waals surface area (Å²) in [5, 5.41) is 19.6. The number of nitrogens with zero attached hydrogens (tertiary/aromatic N) is 1. The summed E-state index contributed by atoms with van der Waals surface area (Å²) in [6, 6.07) is 9.09. The molecule has 0 atom stereocenters. The highest BCUT2D eigenvalue weighted by Gasteiger charge is 2.54. The molecule has 0 radical (unpaired) electrons. The average molecular weight is 325 g/mol. The Balaban J connectivity index is 1.79. The summed E-state index contributed by atoms with van der Waals surface area (Å²) in [4.78, 5) is 3.68. The Bertz CT molecular complexity index is 556. The van der Waals surface area contributed by atoms with E-state index in [9.17, 15) is 19.0 Å². The van der Waals surface area contributed by atoms with Crippen molar-refractivity contribution in [1.82, 2.24) is 0 Å². The number of rotatable bonds is 8. The minimum atomic E-state index is -3.67. The third-order valence-corrected chi connectivity index (χ3v) is 3.63. The van der Waals surface area contributed by atoms with Gasteiger partial charge in [-0.2, -0.15) is 0 Å². The van der Waals surface area contributed by atoms with E-state index in [-0.39, 0.29) is 12.1 Å². The summed E-state index contributed by atoms with van der Waals surface area (Å²) >= 11 is 0. The van der Waals surface area contributed by atoms with E-state index < -0.39 is 18.1 Å². The molecule has 0 saturated carbocycles. The smallest absolute Gasteiger partial charge is 0.306 e. The predicted octanol–water partition coefficient (Wildman–Crippen LogP) is 3.30. The number of unbranched alkanes of at least 4 members (excludes halogenated alkanes) is 1. The average Bonchev–Trinajstić information content (AvgIpc) is 2.56. The van der Waals surface area contributed by atoms with E-state index in [0.717, 1.165) is 0 Å². The van der Waals surface area contributed by atoms with Crippen molar-refractivity contribution >= 4 is 6.21 Å². The molecule has 23 heavy (non-hydrogen) atoms. The molecule has 0 amide bonds. The largest absolute Gasteiger partial charge is 0.494 e. The molecule has 0 aliphatic carbocycles. The molecule has 2 N–H and O–H groups in total. The van der Waals surface area contributed by atoms with E-state index in [2.05, 4.69) is 4.99 Å². The monoisotopic (exact) mass is 325 g/mol. The van der Waals surface area contributed by atoms with E-state index in [1.165, 1.54) is 12.3 Å². The van der Waals surface area contributed by atoms with Gasteiger partial charge in [0.15, 0.2) is 0 Å². The van der Waals surface area contributed by atoms with Gasteiger partial charge in [-0.05, 0) is 37.8 Å². The lowest BCUT2D eigenvalue weighted by Crippen LogP contribution is -2.49. The second-order valence-electron chi connectivity index (χ2n) is 5.47. The molecule has 0 saturated heterocycles. The second-order valence-corrected chi connectivity index (χ2v) is 5.47. The van der Waals surface area contributed by atoms with Gasteiger partial charge in [-0.1, -0.05) is 24.3 Å². The summed E-state index contributed by atoms with van der Waals surface area (Å²) in [5.74, 6) is -6.22. The number of allylic oxidation sites excluding steroid dienone is 1. The maximum atomic E-state index is 14.1. The molecule has 1 aliphatic rings. The minimum absolute atomic E-state index is 0.111. The SMILES string of the molecule is OC(O)(C1=CCCC=N1)C(F)(F)CCCCOc1ccccc1. The zero-order chi connectivity index (χ0) is 16.8. The number of aliphatic imine (C=N–C) groups is 1. The number of alkyl halides is 2. The van der Waals surface area contributed by atoms with Crippen molar-refractivity contribution in [3.63, 3.8) is 0 Å². The molecule has 0 unspecified atom stereocenters. The van der Waals surface area contributed by atoms with Crippen LogP contribution in [0.1, 0.15) is 32.1 Å². The molecule has 0 spiro atoms. The molecule has 0 fully saturated rings. The maximum Gasteiger partial charge on any atom is 0.306 e. The molecule has 126 valence electrons. The quantitative estimate of drug-likeness (QED) is 0.569. The van der Waals surface area contributed by atoms with E-state index in [1.807, 2.05) is 18.2 Å². The summed E-state index contributed by atoms with van der Waals surface area (Å²) < 4.78 is 33.6. The number of hydrogen-bond acceptors (Lipinski definition) is 4. The summed E-state index contributed by atoms with van der Waals surface area (Å²) in [7, 11) is 0. The number of para-hydroxylation sites is 1. The number of benzene rings is 1. The molecular weight excluding hydrogens is 304 g/mol. The van der Waals surface area contributed by atoms with Gasteiger partial charge in [-0.3, -0.25) is 4.99 Å². The third kappa shape index (κ3) is 4.59. The van der Waals surface area contributed by atoms with Crippen LogP contribution in [0.5, 0.6) is 5.75 Å². The molecule has 0 aromatic heterocycles. The first kappa shape index (κ1) is 17.6. The Morgan fingerprint density at radius 3 is 2.48 bits per heavy atom. The van der Waals surface area contributed by atoms with E-state index in [1.54, 1.807) is 12.1 Å². The van der Waals surface area contributed by atoms with Gasteiger partial charge in [0.05, 0.1) is 6.61 Å². The fourth-order valence-corrected chi connectivity index (χ4v) is 2.26. The lowest BCUT2D eigenvalue weighted by atomic mass is 9.98. The van der Waals surface area contributed by atoms with Gasteiger partial charge < -0.3 is 14.9 Å². The van der Waals surface area contributed by atoms with E-state index in [0.29, 0.717) is 31.6 Å². The Morgan fingerprint density at radius 2 is 1.83 bits per heavy atom. The summed E-state index contributed by atoms with van der Waals surface area (Å²) in [6.45, 7) is 0.296. The Hall–Kier alpha value is -1.79. The first-order valence-corrected chi connectivity index (χ1v) is 7.67. The van der Waals surface area contributed by atoms with Gasteiger partial charge in [-0.25, -0.2) is 8.78 Å². The fraction of sp³-hybridized carbons (Fsp3) is 0.471. The van der Waals surface area contributed by atoms with Gasteiger partial charge in [0.1, 0.15) is 11.4 Å². The van der Waals surface area contributed by atoms with Crippen molar-refractivity contribution in [3.8, 4) is 5.75 Å². The van der Waals surface area contributed by atoms with Crippen LogP contribution >= 0.6 is 0 Å². The van der Waals surface area contributed by atoms with Crippen LogP contribution < -0.4 is 4.74 Å². The highest BCUT2D eigenvalue weighted by Crippen LogP contribution is 2.38. The van der Waals surface area contributed by atoms with Crippen LogP contribution in [0, 0.1) is 0 Å². The highest BCUT2D eigenvalue weighted by molar-refractivity contribution is 5.61. The Labute approximate surface area is 134 Å². The Morgan fingerprint density at radius 1 is 1.09 bits per heavy atom. The van der Waals surface area contributed by atoms with Crippen LogP contribution in [0.15, 0.2) is 47.1 Å². The summed E-state index contributed by atoms with van der Waals surface area (Å²) in [5.41, 5.74) is -0.380. The number of hydrogen-bond donors (Lipinski definition) is 2. The van der Waals surface area contributed by atoms with Crippen LogP contribution in [0.25, 0.3) is 0 Å². The highest BCUT2D eigenvalue weighted by atomic mass is 19.3. The van der Waals surface area contributed by atoms with Crippen molar-refractivity contribution in [2.75, 3.05) is 6.61 Å². The predicted molar refractivity (Wildman–Crippen MR) is 83.7 cm³/mol. The Kier molecular flexibility index (Phi) is 5.85. The standard InChI is InChI=1S/C17H21F2NO3/c18-16(19,17(21,22)15-10-4-6-12-20-15)11-5-7-13-23-14-8-2-1-3-9-14/h1-3,8-10,12,21-22H,4-7,11,13H2. The number of aliphatic hydroxyl groups is 2. The lowest BCUT2D eigenvalue weighted by molar-refractivity contribution is -0.275. The molecule has 1 aromatic carbocycles. The van der Waals surface area contributed by atoms with Crippen molar-refractivity contribution in [2.24, 2.45) is 4.99 Å². The van der Waals surface area contributed by atoms with E-state index >= 15 is 0 Å². The van der Waals surface area contributed by atoms with E-state index in [4.69, 9.17) is 4.74 Å². The van der Waals surface area contributed by atoms with Gasteiger partial charge in [0.2, 0.25) is 0 Å². The molecule has 2 rings (SSSR count). The molecule has 0 bridgehead atoms. The van der Waals surface area contributed by atoms with Crippen LogP contribution in [0.4, 0.5) is 8.78 Å². The molecular formula is C17H21F2NO3. The topological polar surface area (TPSA) is 62.0 Å². The summed E-state index contributed by atoms with van der Waals surface area (Å²) in [6.07, 6.45) is 3.70. The number of ether oxygens (including phenoxy) is 1. The number of halogens is 2. The zero-order valence-electron chi connectivity index (χ0n) is 12.8. The molecule has 1 aromatic rings. The van der Waals surface area contributed by atoms with Crippen molar-refractivity contribution in [3.05, 3.63) is 42.1 Å². The van der Waals surface area contributed by atoms with Crippen molar-refractivity contribution in [2.45, 2.75) is 43.8 Å². The van der Waals surface area contributed by atoms with Crippen LogP contribution in [0.2, 0.25) is 0 Å². The van der Waals surface area contributed by atoms with Gasteiger partial charge in [0, 0.05) is 12.6 Å². The van der Waals surface area contributed by atoms with Crippen LogP contribution in [-0.2, 0) is 0 Å². The van der Waals surface area contributed by atoms with Gasteiger partial charge in [0.25, 0.3) is 5.79 Å². The molecule has 1 heterocycles. The van der Waals surface area contributed by atoms with Gasteiger partial charge >= 0.3 is 5.92 Å². The van der Waals surface area contributed by atoms with Gasteiger partial charge in [-0.15, -0.1) is 0 Å². The van der Waals surface area contributed by atoms with Crippen molar-refractivity contribution < 1.29 is 23.7 Å². The lowest BCUT2D eigenvalue weighted by Gasteiger charge is -2.32. The first-order valence-electron chi connectivity index (χ1n) is 7.67. The normalized spacial score (nSPS) is 15.4. The zero-order valence-corrected chi connectivity index (χ0v) is 12.8. The second kappa shape index (κ2) is 7.66. The fourth-order valence-electron chi connectivity index (χ4n) is 2.26. The maximum absolute atomic E-state index is 14.1. The van der Waals surface area contributed by atoms with Crippen LogP contribution in [-0.4, -0.2) is 34.7 Å². The molecule has 1 aliphatic heterocycles. The minimum Gasteiger partial charge on any atom is -0.494 e. The first-order chi connectivity index (χ1) is 10.9. The third-order valence-electron chi connectivity index (χ3n) is 3.63. The van der Waals surface area contributed by atoms with Crippen LogP contribution in [0.3, 0.4) is 0 Å². The molecule has 6 heteroatoms. The van der Waals surface area contributed by atoms with Crippen molar-refractivity contribution in [1.29, 1.82) is 0 Å².